The van der Waals surface area contributed by atoms with E-state index in [4.69, 9.17) is 9.84 Å². The van der Waals surface area contributed by atoms with Crippen LogP contribution in [0.2, 0.25) is 0 Å². The number of hydrogen-bond donors (Lipinski definition) is 2. The fraction of sp³-hybridized carbons (Fsp3) is 0.600. The van der Waals surface area contributed by atoms with Crippen molar-refractivity contribution in [3.05, 3.63) is 29.6 Å². The minimum Gasteiger partial charge on any atom is -0.394 e. The molecule has 0 aromatic carbocycles. The van der Waals surface area contributed by atoms with E-state index in [-0.39, 0.29) is 25.3 Å². The van der Waals surface area contributed by atoms with Gasteiger partial charge < -0.3 is 15.2 Å². The first-order valence-corrected chi connectivity index (χ1v) is 7.43. The van der Waals surface area contributed by atoms with Crippen LogP contribution in [0.4, 0.5) is 13.2 Å². The van der Waals surface area contributed by atoms with Gasteiger partial charge in [0.25, 0.3) is 5.91 Å². The van der Waals surface area contributed by atoms with Crippen LogP contribution < -0.4 is 5.32 Å². The van der Waals surface area contributed by atoms with Gasteiger partial charge in [-0.25, -0.2) is 0 Å². The van der Waals surface area contributed by atoms with Crippen LogP contribution >= 0.6 is 0 Å². The number of aliphatic hydroxyl groups excluding tert-OH is 1. The molecule has 0 aliphatic heterocycles. The van der Waals surface area contributed by atoms with Gasteiger partial charge in [-0.1, -0.05) is 12.8 Å². The molecule has 1 aromatic heterocycles. The van der Waals surface area contributed by atoms with Crippen LogP contribution in [0.1, 0.15) is 41.7 Å². The topological polar surface area (TPSA) is 71.5 Å². The van der Waals surface area contributed by atoms with Crippen molar-refractivity contribution in [2.45, 2.75) is 37.5 Å². The lowest BCUT2D eigenvalue weighted by atomic mass is 10.0. The van der Waals surface area contributed by atoms with E-state index in [9.17, 15) is 18.0 Å². The van der Waals surface area contributed by atoms with Crippen LogP contribution in [0, 0.1) is 0 Å². The maximum Gasteiger partial charge on any atom is 0.433 e. The standard InChI is InChI=1S/C15H19F3N2O3/c16-15(17,18)12-4-3-11(9-19-12)13(22)20-10-14(23-8-7-21)5-1-2-6-14/h3-4,9,21H,1-2,5-8,10H2,(H,20,22). The van der Waals surface area contributed by atoms with Crippen LogP contribution in [0.3, 0.4) is 0 Å². The summed E-state index contributed by atoms with van der Waals surface area (Å²) in [5.74, 6) is -0.495. The van der Waals surface area contributed by atoms with E-state index in [0.29, 0.717) is 0 Å². The lowest BCUT2D eigenvalue weighted by Gasteiger charge is -2.29. The van der Waals surface area contributed by atoms with Gasteiger partial charge >= 0.3 is 6.18 Å². The van der Waals surface area contributed by atoms with E-state index in [2.05, 4.69) is 10.3 Å². The van der Waals surface area contributed by atoms with Crippen molar-refractivity contribution in [1.82, 2.24) is 10.3 Å². The summed E-state index contributed by atoms with van der Waals surface area (Å²) in [4.78, 5) is 15.3. The number of hydrogen-bond acceptors (Lipinski definition) is 4. The van der Waals surface area contributed by atoms with Crippen molar-refractivity contribution in [2.24, 2.45) is 0 Å². The largest absolute Gasteiger partial charge is 0.433 e. The monoisotopic (exact) mass is 332 g/mol. The molecule has 0 radical (unpaired) electrons. The van der Waals surface area contributed by atoms with Crippen molar-refractivity contribution >= 4 is 5.91 Å². The summed E-state index contributed by atoms with van der Waals surface area (Å²) in [7, 11) is 0. The van der Waals surface area contributed by atoms with Crippen LogP contribution in [-0.2, 0) is 10.9 Å². The van der Waals surface area contributed by atoms with Gasteiger partial charge in [-0.3, -0.25) is 9.78 Å². The van der Waals surface area contributed by atoms with Gasteiger partial charge in [0.1, 0.15) is 5.69 Å². The Balaban J connectivity index is 1.95. The van der Waals surface area contributed by atoms with Crippen molar-refractivity contribution < 1.29 is 27.8 Å². The fourth-order valence-corrected chi connectivity index (χ4v) is 2.69. The van der Waals surface area contributed by atoms with Gasteiger partial charge in [0.05, 0.1) is 24.4 Å². The first kappa shape index (κ1) is 17.7. The SMILES string of the molecule is O=C(NCC1(OCCO)CCCC1)c1ccc(C(F)(F)F)nc1. The molecule has 0 spiro atoms. The quantitative estimate of drug-likeness (QED) is 0.837. The number of nitrogens with one attached hydrogen (secondary N) is 1. The van der Waals surface area contributed by atoms with Crippen LogP contribution in [0.5, 0.6) is 0 Å². The number of alkyl halides is 3. The molecule has 1 aliphatic carbocycles. The highest BCUT2D eigenvalue weighted by Gasteiger charge is 2.35. The average Bonchev–Trinajstić information content (AvgIpc) is 2.99. The molecule has 2 rings (SSSR count). The molecule has 1 aromatic rings. The molecule has 0 bridgehead atoms. The zero-order valence-corrected chi connectivity index (χ0v) is 12.5. The number of carbonyl (C=O) groups is 1. The van der Waals surface area contributed by atoms with E-state index in [0.717, 1.165) is 44.0 Å². The molecule has 1 aliphatic rings. The van der Waals surface area contributed by atoms with Gasteiger partial charge in [0, 0.05) is 12.7 Å². The molecule has 23 heavy (non-hydrogen) atoms. The van der Waals surface area contributed by atoms with E-state index in [1.165, 1.54) is 0 Å². The Morgan fingerprint density at radius 3 is 2.57 bits per heavy atom. The first-order chi connectivity index (χ1) is 10.9. The number of nitrogens with zero attached hydrogens (tertiary/aromatic N) is 1. The number of amides is 1. The second-order valence-corrected chi connectivity index (χ2v) is 5.57. The Labute approximate surface area is 131 Å². The predicted octanol–water partition coefficient (Wildman–Crippen LogP) is 2.15. The number of rotatable bonds is 6. The van der Waals surface area contributed by atoms with E-state index in [1.54, 1.807) is 0 Å². The van der Waals surface area contributed by atoms with Gasteiger partial charge in [-0.05, 0) is 25.0 Å². The zero-order chi connectivity index (χ0) is 16.9. The predicted molar refractivity (Wildman–Crippen MR) is 75.8 cm³/mol. The maximum absolute atomic E-state index is 12.4. The van der Waals surface area contributed by atoms with Crippen molar-refractivity contribution in [3.63, 3.8) is 0 Å². The van der Waals surface area contributed by atoms with Crippen molar-refractivity contribution in [3.8, 4) is 0 Å². The van der Waals surface area contributed by atoms with E-state index < -0.39 is 23.4 Å². The lowest BCUT2D eigenvalue weighted by Crippen LogP contribution is -2.43. The van der Waals surface area contributed by atoms with Gasteiger partial charge in [-0.15, -0.1) is 0 Å². The molecule has 0 saturated heterocycles. The highest BCUT2D eigenvalue weighted by Crippen LogP contribution is 2.32. The summed E-state index contributed by atoms with van der Waals surface area (Å²) in [6, 6.07) is 1.88. The maximum atomic E-state index is 12.4. The molecule has 1 amide bonds. The van der Waals surface area contributed by atoms with Gasteiger partial charge in [0.15, 0.2) is 0 Å². The molecular weight excluding hydrogens is 313 g/mol. The van der Waals surface area contributed by atoms with Crippen LogP contribution in [0.25, 0.3) is 0 Å². The average molecular weight is 332 g/mol. The lowest BCUT2D eigenvalue weighted by molar-refractivity contribution is -0.141. The van der Waals surface area contributed by atoms with E-state index >= 15 is 0 Å². The van der Waals surface area contributed by atoms with Crippen LogP contribution in [-0.4, -0.2) is 41.4 Å². The molecule has 1 saturated carbocycles. The zero-order valence-electron chi connectivity index (χ0n) is 12.5. The molecule has 1 fully saturated rings. The molecule has 0 unspecified atom stereocenters. The van der Waals surface area contributed by atoms with E-state index in [1.807, 2.05) is 0 Å². The molecule has 1 heterocycles. The Bertz CT molecular complexity index is 526. The second kappa shape index (κ2) is 7.27. The summed E-state index contributed by atoms with van der Waals surface area (Å²) in [6.07, 6.45) is -0.113. The number of aromatic nitrogens is 1. The first-order valence-electron chi connectivity index (χ1n) is 7.43. The molecule has 8 heteroatoms. The third-order valence-corrected chi connectivity index (χ3v) is 3.90. The minimum atomic E-state index is -4.53. The number of halogens is 3. The van der Waals surface area contributed by atoms with Crippen molar-refractivity contribution in [1.29, 1.82) is 0 Å². The fourth-order valence-electron chi connectivity index (χ4n) is 2.69. The molecular formula is C15H19F3N2O3. The molecule has 0 atom stereocenters. The summed E-state index contributed by atoms with van der Waals surface area (Å²) in [5, 5.41) is 11.6. The van der Waals surface area contributed by atoms with Gasteiger partial charge in [-0.2, -0.15) is 13.2 Å². The Hall–Kier alpha value is -1.67. The summed E-state index contributed by atoms with van der Waals surface area (Å²) >= 11 is 0. The highest BCUT2D eigenvalue weighted by atomic mass is 19.4. The third-order valence-electron chi connectivity index (χ3n) is 3.90. The highest BCUT2D eigenvalue weighted by molar-refractivity contribution is 5.93. The minimum absolute atomic E-state index is 0.0632. The number of carbonyl (C=O) groups excluding carboxylic acids is 1. The second-order valence-electron chi connectivity index (χ2n) is 5.57. The summed E-state index contributed by atoms with van der Waals surface area (Å²) < 4.78 is 43.0. The van der Waals surface area contributed by atoms with Crippen LogP contribution in [0.15, 0.2) is 18.3 Å². The smallest absolute Gasteiger partial charge is 0.394 e. The Kier molecular flexibility index (Phi) is 5.59. The Morgan fingerprint density at radius 1 is 1.35 bits per heavy atom. The Morgan fingerprint density at radius 2 is 2.04 bits per heavy atom. The third kappa shape index (κ3) is 4.65. The number of aliphatic hydroxyl groups is 1. The van der Waals surface area contributed by atoms with Gasteiger partial charge in [0.2, 0.25) is 0 Å². The number of pyridine rings is 1. The summed E-state index contributed by atoms with van der Waals surface area (Å²) in [5.41, 5.74) is -1.47. The van der Waals surface area contributed by atoms with Crippen molar-refractivity contribution in [2.75, 3.05) is 19.8 Å². The molecule has 2 N–H and O–H groups in total. The molecule has 128 valence electrons. The number of ether oxygens (including phenoxy) is 1. The molecule has 5 nitrogen and oxygen atoms in total. The normalized spacial score (nSPS) is 17.2. The summed E-state index contributed by atoms with van der Waals surface area (Å²) in [6.45, 7) is 0.350.